The topological polar surface area (TPSA) is 74.1 Å². The van der Waals surface area contributed by atoms with E-state index in [1.54, 1.807) is 35.6 Å². The molecule has 3 aromatic rings. The minimum Gasteiger partial charge on any atom is -0.325 e. The summed E-state index contributed by atoms with van der Waals surface area (Å²) in [5, 5.41) is 11.8. The Morgan fingerprint density at radius 1 is 1.09 bits per heavy atom. The van der Waals surface area contributed by atoms with Gasteiger partial charge in [0.05, 0.1) is 27.3 Å². The van der Waals surface area contributed by atoms with Gasteiger partial charge in [-0.15, -0.1) is 11.3 Å². The lowest BCUT2D eigenvalue weighted by molar-refractivity contribution is -0.121. The fourth-order valence-corrected chi connectivity index (χ4v) is 5.72. The number of carbonyl (C=O) groups is 2. The summed E-state index contributed by atoms with van der Waals surface area (Å²) in [6.07, 6.45) is 0.725. The smallest absolute Gasteiger partial charge is 0.262 e. The molecule has 2 aliphatic heterocycles. The molecule has 2 aliphatic rings. The monoisotopic (exact) mass is 494 g/mol. The van der Waals surface area contributed by atoms with E-state index in [0.29, 0.717) is 15.9 Å². The SMILES string of the molecule is O=C(CC1SC(N2N=C(c3cccs3)CC2c2ccccc2)=NC1=O)Nc1ccccc1Cl. The van der Waals surface area contributed by atoms with Crippen LogP contribution in [0.1, 0.15) is 29.3 Å². The lowest BCUT2D eigenvalue weighted by Gasteiger charge is -2.23. The summed E-state index contributed by atoms with van der Waals surface area (Å²) in [5.74, 6) is -0.606. The molecule has 0 aliphatic carbocycles. The number of amidine groups is 1. The molecule has 1 N–H and O–H groups in total. The Morgan fingerprint density at radius 3 is 2.64 bits per heavy atom. The van der Waals surface area contributed by atoms with E-state index in [0.717, 1.165) is 22.6 Å². The van der Waals surface area contributed by atoms with E-state index in [-0.39, 0.29) is 24.3 Å². The van der Waals surface area contributed by atoms with Crippen molar-refractivity contribution < 1.29 is 9.59 Å². The van der Waals surface area contributed by atoms with Crippen LogP contribution < -0.4 is 5.32 Å². The lowest BCUT2D eigenvalue weighted by atomic mass is 10.0. The average molecular weight is 495 g/mol. The number of hydrazone groups is 1. The molecule has 33 heavy (non-hydrogen) atoms. The first-order chi connectivity index (χ1) is 16.1. The number of amides is 2. The van der Waals surface area contributed by atoms with Crippen LogP contribution in [0.25, 0.3) is 0 Å². The Bertz CT molecular complexity index is 1240. The predicted octanol–water partition coefficient (Wildman–Crippen LogP) is 5.58. The van der Waals surface area contributed by atoms with E-state index in [2.05, 4.69) is 22.4 Å². The summed E-state index contributed by atoms with van der Waals surface area (Å²) in [7, 11) is 0. The molecule has 1 aromatic heterocycles. The predicted molar refractivity (Wildman–Crippen MR) is 135 cm³/mol. The van der Waals surface area contributed by atoms with Gasteiger partial charge in [0.2, 0.25) is 5.91 Å². The quantitative estimate of drug-likeness (QED) is 0.502. The number of hydrogen-bond acceptors (Lipinski definition) is 6. The second kappa shape index (κ2) is 9.51. The number of nitrogens with zero attached hydrogens (tertiary/aromatic N) is 3. The van der Waals surface area contributed by atoms with E-state index < -0.39 is 5.25 Å². The van der Waals surface area contributed by atoms with Gasteiger partial charge in [-0.3, -0.25) is 9.59 Å². The Hall–Kier alpha value is -2.94. The van der Waals surface area contributed by atoms with Gasteiger partial charge in [0.1, 0.15) is 5.25 Å². The summed E-state index contributed by atoms with van der Waals surface area (Å²) in [6.45, 7) is 0. The molecule has 2 unspecified atom stereocenters. The number of para-hydroxylation sites is 1. The van der Waals surface area contributed by atoms with E-state index in [1.807, 2.05) is 40.7 Å². The summed E-state index contributed by atoms with van der Waals surface area (Å²) in [6, 6.07) is 21.1. The van der Waals surface area contributed by atoms with Crippen molar-refractivity contribution >= 4 is 63.1 Å². The zero-order valence-corrected chi connectivity index (χ0v) is 19.7. The van der Waals surface area contributed by atoms with Crippen LogP contribution in [0.15, 0.2) is 82.2 Å². The first-order valence-corrected chi connectivity index (χ1v) is 12.5. The Morgan fingerprint density at radius 2 is 1.88 bits per heavy atom. The number of aliphatic imine (C=N–C) groups is 1. The van der Waals surface area contributed by atoms with E-state index in [9.17, 15) is 9.59 Å². The Balaban J connectivity index is 1.33. The first kappa shape index (κ1) is 21.9. The molecule has 2 atom stereocenters. The Kier molecular flexibility index (Phi) is 6.30. The molecule has 3 heterocycles. The van der Waals surface area contributed by atoms with Gasteiger partial charge in [-0.25, -0.2) is 5.01 Å². The zero-order valence-electron chi connectivity index (χ0n) is 17.3. The zero-order chi connectivity index (χ0) is 22.8. The Labute approximate surface area is 204 Å². The van der Waals surface area contributed by atoms with Gasteiger partial charge in [0.25, 0.3) is 5.91 Å². The van der Waals surface area contributed by atoms with Crippen molar-refractivity contribution in [2.75, 3.05) is 5.32 Å². The number of benzene rings is 2. The molecule has 2 aromatic carbocycles. The summed E-state index contributed by atoms with van der Waals surface area (Å²) < 4.78 is 0. The molecule has 0 fully saturated rings. The van der Waals surface area contributed by atoms with Crippen molar-refractivity contribution in [2.45, 2.75) is 24.1 Å². The van der Waals surface area contributed by atoms with Gasteiger partial charge >= 0.3 is 0 Å². The summed E-state index contributed by atoms with van der Waals surface area (Å²) in [5.41, 5.74) is 2.59. The van der Waals surface area contributed by atoms with E-state index in [4.69, 9.17) is 16.7 Å². The second-order valence-electron chi connectivity index (χ2n) is 7.57. The van der Waals surface area contributed by atoms with Gasteiger partial charge in [-0.1, -0.05) is 71.9 Å². The molecular weight excluding hydrogens is 476 g/mol. The van der Waals surface area contributed by atoms with Crippen molar-refractivity contribution in [3.8, 4) is 0 Å². The number of carbonyl (C=O) groups excluding carboxylic acids is 2. The van der Waals surface area contributed by atoms with Crippen molar-refractivity contribution in [2.24, 2.45) is 10.1 Å². The fraction of sp³-hybridized carbons (Fsp3) is 0.167. The highest BCUT2D eigenvalue weighted by Gasteiger charge is 2.39. The van der Waals surface area contributed by atoms with Gasteiger partial charge in [0.15, 0.2) is 5.17 Å². The van der Waals surface area contributed by atoms with Crippen LogP contribution in [-0.4, -0.2) is 33.0 Å². The van der Waals surface area contributed by atoms with Crippen LogP contribution in [0.5, 0.6) is 0 Å². The highest BCUT2D eigenvalue weighted by atomic mass is 35.5. The highest BCUT2D eigenvalue weighted by molar-refractivity contribution is 8.15. The molecule has 0 saturated heterocycles. The maximum absolute atomic E-state index is 12.7. The molecule has 0 spiro atoms. The van der Waals surface area contributed by atoms with Gasteiger partial charge in [-0.2, -0.15) is 10.1 Å². The van der Waals surface area contributed by atoms with Gasteiger partial charge < -0.3 is 5.32 Å². The number of hydrogen-bond donors (Lipinski definition) is 1. The largest absolute Gasteiger partial charge is 0.325 e. The number of anilines is 1. The van der Waals surface area contributed by atoms with Crippen LogP contribution in [0.2, 0.25) is 5.02 Å². The van der Waals surface area contributed by atoms with Crippen LogP contribution >= 0.6 is 34.7 Å². The fourth-order valence-electron chi connectivity index (χ4n) is 3.75. The van der Waals surface area contributed by atoms with Crippen LogP contribution in [0, 0.1) is 0 Å². The third-order valence-corrected chi connectivity index (χ3v) is 7.73. The maximum atomic E-state index is 12.7. The average Bonchev–Trinajstić information content (AvgIpc) is 3.56. The second-order valence-corrected chi connectivity index (χ2v) is 10.1. The summed E-state index contributed by atoms with van der Waals surface area (Å²) in [4.78, 5) is 30.6. The molecule has 6 nitrogen and oxygen atoms in total. The molecule has 0 bridgehead atoms. The van der Waals surface area contributed by atoms with E-state index in [1.165, 1.54) is 11.8 Å². The highest BCUT2D eigenvalue weighted by Crippen LogP contribution is 2.39. The van der Waals surface area contributed by atoms with Crippen LogP contribution in [-0.2, 0) is 9.59 Å². The molecule has 2 amide bonds. The molecular formula is C24H19ClN4O2S2. The number of nitrogens with one attached hydrogen (secondary N) is 1. The molecule has 0 saturated carbocycles. The number of thioether (sulfide) groups is 1. The number of rotatable bonds is 5. The van der Waals surface area contributed by atoms with Gasteiger partial charge in [0, 0.05) is 12.8 Å². The first-order valence-electron chi connectivity index (χ1n) is 10.4. The van der Waals surface area contributed by atoms with Crippen LogP contribution in [0.3, 0.4) is 0 Å². The van der Waals surface area contributed by atoms with Crippen LogP contribution in [0.4, 0.5) is 5.69 Å². The molecule has 9 heteroatoms. The molecule has 5 rings (SSSR count). The third-order valence-electron chi connectivity index (χ3n) is 5.34. The van der Waals surface area contributed by atoms with Crippen molar-refractivity contribution in [3.63, 3.8) is 0 Å². The normalized spacial score (nSPS) is 20.0. The number of thiophene rings is 1. The minimum absolute atomic E-state index is 0.00701. The van der Waals surface area contributed by atoms with Crippen molar-refractivity contribution in [3.05, 3.63) is 87.6 Å². The standard InChI is InChI=1S/C24H19ClN4O2S2/c25-16-9-4-5-10-17(16)26-22(30)14-21-23(31)27-24(33-21)29-19(15-7-2-1-3-8-15)13-18(28-29)20-11-6-12-32-20/h1-12,19,21H,13-14H2,(H,26,30). The molecule has 166 valence electrons. The number of halogens is 1. The van der Waals surface area contributed by atoms with E-state index >= 15 is 0 Å². The van der Waals surface area contributed by atoms with Crippen molar-refractivity contribution in [1.82, 2.24) is 5.01 Å². The lowest BCUT2D eigenvalue weighted by Crippen LogP contribution is -2.25. The van der Waals surface area contributed by atoms with Gasteiger partial charge in [-0.05, 0) is 29.1 Å². The molecule has 0 radical (unpaired) electrons. The summed E-state index contributed by atoms with van der Waals surface area (Å²) >= 11 is 9.05. The minimum atomic E-state index is -0.597. The third kappa shape index (κ3) is 4.73. The maximum Gasteiger partial charge on any atom is 0.262 e. The van der Waals surface area contributed by atoms with Crippen molar-refractivity contribution in [1.29, 1.82) is 0 Å².